The molecule has 1 heterocycles. The summed E-state index contributed by atoms with van der Waals surface area (Å²) in [5, 5.41) is 0. The molecule has 0 radical (unpaired) electrons. The highest BCUT2D eigenvalue weighted by Crippen LogP contribution is 2.14. The average molecular weight is 228 g/mol. The zero-order chi connectivity index (χ0) is 8.97. The van der Waals surface area contributed by atoms with Crippen LogP contribution in [0.25, 0.3) is 0 Å². The lowest BCUT2D eigenvalue weighted by Crippen LogP contribution is -1.99. The summed E-state index contributed by atoms with van der Waals surface area (Å²) in [5.74, 6) is 0.150. The number of nitrogens with zero attached hydrogens (tertiary/aromatic N) is 1. The summed E-state index contributed by atoms with van der Waals surface area (Å²) in [5.41, 5.74) is 0.680. The molecule has 64 valence electrons. The number of hydrogen-bond donors (Lipinski definition) is 0. The summed E-state index contributed by atoms with van der Waals surface area (Å²) in [4.78, 5) is 15.4. The Morgan fingerprint density at radius 1 is 1.67 bits per heavy atom. The number of hydrogen-bond acceptors (Lipinski definition) is 2. The Hall–Kier alpha value is -0.700. The molecule has 0 bridgehead atoms. The van der Waals surface area contributed by atoms with Gasteiger partial charge in [-0.25, -0.2) is 4.98 Å². The molecule has 0 saturated carbocycles. The van der Waals surface area contributed by atoms with Crippen molar-refractivity contribution in [3.63, 3.8) is 0 Å². The van der Waals surface area contributed by atoms with Crippen molar-refractivity contribution in [3.05, 3.63) is 28.5 Å². The molecule has 0 aliphatic heterocycles. The molecule has 0 unspecified atom stereocenters. The van der Waals surface area contributed by atoms with Gasteiger partial charge in [-0.3, -0.25) is 4.79 Å². The average Bonchev–Trinajstić information content (AvgIpc) is 2.05. The molecule has 0 aliphatic rings. The molecule has 0 saturated heterocycles. The Balaban J connectivity index is 2.87. The van der Waals surface area contributed by atoms with Crippen molar-refractivity contribution in [3.8, 4) is 0 Å². The molecule has 12 heavy (non-hydrogen) atoms. The molecule has 0 N–H and O–H groups in total. The monoisotopic (exact) mass is 227 g/mol. The molecule has 0 fully saturated rings. The number of pyridine rings is 1. The molecule has 1 rings (SSSR count). The maximum atomic E-state index is 11.4. The van der Waals surface area contributed by atoms with Crippen LogP contribution >= 0.6 is 15.9 Å². The molecule has 0 aliphatic carbocycles. The number of carbonyl (C=O) groups is 1. The zero-order valence-electron chi connectivity index (χ0n) is 6.88. The second kappa shape index (κ2) is 4.36. The first-order valence-corrected chi connectivity index (χ1v) is 4.68. The van der Waals surface area contributed by atoms with Gasteiger partial charge in [0.2, 0.25) is 0 Å². The van der Waals surface area contributed by atoms with E-state index in [1.807, 2.05) is 6.92 Å². The third kappa shape index (κ3) is 2.14. The predicted octanol–water partition coefficient (Wildman–Crippen LogP) is 2.83. The molecular formula is C9H10BrNO. The van der Waals surface area contributed by atoms with Crippen LogP contribution in [0.2, 0.25) is 0 Å². The van der Waals surface area contributed by atoms with Crippen molar-refractivity contribution in [2.45, 2.75) is 19.8 Å². The number of halogens is 1. The zero-order valence-corrected chi connectivity index (χ0v) is 8.47. The van der Waals surface area contributed by atoms with Gasteiger partial charge < -0.3 is 0 Å². The van der Waals surface area contributed by atoms with E-state index in [0.717, 1.165) is 6.42 Å². The summed E-state index contributed by atoms with van der Waals surface area (Å²) in [6, 6.07) is 3.56. The summed E-state index contributed by atoms with van der Waals surface area (Å²) in [7, 11) is 0. The Kier molecular flexibility index (Phi) is 3.41. The van der Waals surface area contributed by atoms with Crippen molar-refractivity contribution in [1.82, 2.24) is 4.98 Å². The van der Waals surface area contributed by atoms with Crippen LogP contribution in [0, 0.1) is 0 Å². The minimum absolute atomic E-state index is 0.150. The van der Waals surface area contributed by atoms with Crippen molar-refractivity contribution >= 4 is 21.7 Å². The van der Waals surface area contributed by atoms with E-state index in [-0.39, 0.29) is 5.78 Å². The van der Waals surface area contributed by atoms with Crippen LogP contribution in [0.5, 0.6) is 0 Å². The molecule has 2 nitrogen and oxygen atoms in total. The van der Waals surface area contributed by atoms with E-state index < -0.39 is 0 Å². The van der Waals surface area contributed by atoms with Gasteiger partial charge in [0.25, 0.3) is 0 Å². The number of rotatable bonds is 3. The second-order valence-electron chi connectivity index (χ2n) is 2.51. The second-order valence-corrected chi connectivity index (χ2v) is 3.27. The summed E-state index contributed by atoms with van der Waals surface area (Å²) in [6.07, 6.45) is 3.12. The van der Waals surface area contributed by atoms with Crippen LogP contribution < -0.4 is 0 Å². The maximum absolute atomic E-state index is 11.4. The van der Waals surface area contributed by atoms with Gasteiger partial charge in [0.1, 0.15) is 4.60 Å². The smallest absolute Gasteiger partial charge is 0.165 e. The molecule has 0 atom stereocenters. The van der Waals surface area contributed by atoms with E-state index >= 15 is 0 Å². The third-order valence-electron chi connectivity index (χ3n) is 1.54. The van der Waals surface area contributed by atoms with Gasteiger partial charge in [-0.05, 0) is 34.5 Å². The third-order valence-corrected chi connectivity index (χ3v) is 2.17. The highest BCUT2D eigenvalue weighted by atomic mass is 79.9. The van der Waals surface area contributed by atoms with Crippen LogP contribution in [0.4, 0.5) is 0 Å². The summed E-state index contributed by atoms with van der Waals surface area (Å²) < 4.78 is 0.642. The minimum atomic E-state index is 0.150. The van der Waals surface area contributed by atoms with E-state index in [1.54, 1.807) is 18.3 Å². The van der Waals surface area contributed by atoms with Gasteiger partial charge in [-0.2, -0.15) is 0 Å². The number of carbonyl (C=O) groups excluding carboxylic acids is 1. The number of ketones is 1. The lowest BCUT2D eigenvalue weighted by Gasteiger charge is -1.99. The van der Waals surface area contributed by atoms with Gasteiger partial charge >= 0.3 is 0 Å². The molecule has 0 spiro atoms. The molecule has 0 amide bonds. The van der Waals surface area contributed by atoms with Gasteiger partial charge in [-0.15, -0.1) is 0 Å². The summed E-state index contributed by atoms with van der Waals surface area (Å²) >= 11 is 3.23. The van der Waals surface area contributed by atoms with Crippen molar-refractivity contribution in [2.24, 2.45) is 0 Å². The van der Waals surface area contributed by atoms with E-state index in [2.05, 4.69) is 20.9 Å². The van der Waals surface area contributed by atoms with Crippen LogP contribution in [0.3, 0.4) is 0 Å². The Morgan fingerprint density at radius 3 is 3.00 bits per heavy atom. The van der Waals surface area contributed by atoms with E-state index in [0.29, 0.717) is 16.6 Å². The van der Waals surface area contributed by atoms with Gasteiger partial charge in [-0.1, -0.05) is 6.92 Å². The minimum Gasteiger partial charge on any atom is -0.294 e. The first kappa shape index (κ1) is 9.39. The number of Topliss-reactive ketones (excluding diaryl/α,β-unsaturated/α-hetero) is 1. The van der Waals surface area contributed by atoms with E-state index in [4.69, 9.17) is 0 Å². The van der Waals surface area contributed by atoms with Gasteiger partial charge in [0.05, 0.1) is 5.56 Å². The first-order chi connectivity index (χ1) is 5.75. The van der Waals surface area contributed by atoms with Gasteiger partial charge in [0.15, 0.2) is 5.78 Å². The largest absolute Gasteiger partial charge is 0.294 e. The van der Waals surface area contributed by atoms with E-state index in [9.17, 15) is 4.79 Å². The molecule has 0 aromatic carbocycles. The van der Waals surface area contributed by atoms with Crippen molar-refractivity contribution in [1.29, 1.82) is 0 Å². The van der Waals surface area contributed by atoms with Crippen LogP contribution in [0.1, 0.15) is 30.1 Å². The molecule has 1 aromatic rings. The summed E-state index contributed by atoms with van der Waals surface area (Å²) in [6.45, 7) is 1.99. The highest BCUT2D eigenvalue weighted by molar-refractivity contribution is 9.10. The lowest BCUT2D eigenvalue weighted by atomic mass is 10.1. The fourth-order valence-electron chi connectivity index (χ4n) is 0.956. The Bertz CT molecular complexity index is 286. The normalized spacial score (nSPS) is 9.83. The fourth-order valence-corrected chi connectivity index (χ4v) is 1.43. The standard InChI is InChI=1S/C9H10BrNO/c1-2-4-8(12)7-5-3-6-11-9(7)10/h3,5-6H,2,4H2,1H3. The van der Waals surface area contributed by atoms with Crippen LogP contribution in [-0.4, -0.2) is 10.8 Å². The Morgan fingerprint density at radius 2 is 2.42 bits per heavy atom. The highest BCUT2D eigenvalue weighted by Gasteiger charge is 2.07. The Labute approximate surface area is 80.1 Å². The predicted molar refractivity (Wildman–Crippen MR) is 51.2 cm³/mol. The lowest BCUT2D eigenvalue weighted by molar-refractivity contribution is 0.0980. The van der Waals surface area contributed by atoms with Crippen molar-refractivity contribution < 1.29 is 4.79 Å². The first-order valence-electron chi connectivity index (χ1n) is 3.89. The molecular weight excluding hydrogens is 218 g/mol. The number of aromatic nitrogens is 1. The van der Waals surface area contributed by atoms with Crippen LogP contribution in [0.15, 0.2) is 22.9 Å². The van der Waals surface area contributed by atoms with Crippen LogP contribution in [-0.2, 0) is 0 Å². The molecule has 1 aromatic heterocycles. The molecule has 3 heteroatoms. The fraction of sp³-hybridized carbons (Fsp3) is 0.333. The SMILES string of the molecule is CCCC(=O)c1cccnc1Br. The van der Waals surface area contributed by atoms with Crippen molar-refractivity contribution in [2.75, 3.05) is 0 Å². The maximum Gasteiger partial charge on any atom is 0.165 e. The van der Waals surface area contributed by atoms with E-state index in [1.165, 1.54) is 0 Å². The van der Waals surface area contributed by atoms with Gasteiger partial charge in [0, 0.05) is 12.6 Å². The quantitative estimate of drug-likeness (QED) is 0.588. The topological polar surface area (TPSA) is 30.0 Å².